The van der Waals surface area contributed by atoms with Crippen molar-refractivity contribution in [2.75, 3.05) is 13.2 Å². The molecule has 358 valence electrons. The minimum atomic E-state index is -0.859. The summed E-state index contributed by atoms with van der Waals surface area (Å²) in [5, 5.41) is 2.77. The first-order chi connectivity index (χ1) is 30.0. The van der Waals surface area contributed by atoms with Crippen molar-refractivity contribution in [3.8, 4) is 0 Å². The number of carbonyl (C=O) groups is 4. The number of ether oxygens (including phenoxy) is 3. The zero-order valence-electron chi connectivity index (χ0n) is 40.9. The molecule has 0 aliphatic carbocycles. The maximum atomic E-state index is 13.9. The summed E-state index contributed by atoms with van der Waals surface area (Å²) >= 11 is 0. The monoisotopic (exact) mass is 870 g/mol. The van der Waals surface area contributed by atoms with Gasteiger partial charge in [0.05, 0.1) is 19.3 Å². The quantitative estimate of drug-likeness (QED) is 0.0396. The molecule has 0 saturated heterocycles. The number of rotatable bonds is 42. The Morgan fingerprint density at radius 2 is 0.839 bits per heavy atom. The molecule has 0 aliphatic heterocycles. The number of unbranched alkanes of at least 4 members (excludes halogenated alkanes) is 28. The van der Waals surface area contributed by atoms with Gasteiger partial charge in [-0.1, -0.05) is 224 Å². The lowest BCUT2D eigenvalue weighted by atomic mass is 9.95. The summed E-state index contributed by atoms with van der Waals surface area (Å²) < 4.78 is 16.9. The summed E-state index contributed by atoms with van der Waals surface area (Å²) in [5.41, 5.74) is 0.164. The first-order valence-corrected chi connectivity index (χ1v) is 25.9. The number of carbonyl (C=O) groups excluding carboxylic acids is 4. The third-order valence-corrected chi connectivity index (χ3v) is 11.8. The van der Waals surface area contributed by atoms with Crippen molar-refractivity contribution in [1.29, 1.82) is 0 Å². The lowest BCUT2D eigenvalue weighted by molar-refractivity contribution is -0.150. The van der Waals surface area contributed by atoms with E-state index in [1.165, 1.54) is 154 Å². The Hall–Kier alpha value is -2.90. The van der Waals surface area contributed by atoms with Crippen molar-refractivity contribution >= 4 is 23.8 Å². The van der Waals surface area contributed by atoms with Gasteiger partial charge in [0.1, 0.15) is 5.60 Å². The van der Waals surface area contributed by atoms with Gasteiger partial charge in [-0.05, 0) is 45.6 Å². The van der Waals surface area contributed by atoms with Gasteiger partial charge >= 0.3 is 18.0 Å². The Bertz CT molecular complexity index is 1180. The average molecular weight is 870 g/mol. The van der Waals surface area contributed by atoms with Crippen LogP contribution in [0.2, 0.25) is 0 Å². The van der Waals surface area contributed by atoms with E-state index in [2.05, 4.69) is 19.2 Å². The molecular weight excluding hydrogens is 775 g/mol. The molecule has 8 heteroatoms. The molecule has 1 atom stereocenters. The van der Waals surface area contributed by atoms with E-state index in [-0.39, 0.29) is 43.8 Å². The van der Waals surface area contributed by atoms with Crippen LogP contribution in [-0.2, 0) is 35.0 Å². The lowest BCUT2D eigenvalue weighted by Gasteiger charge is -2.24. The topological polar surface area (TPSA) is 108 Å². The van der Waals surface area contributed by atoms with Gasteiger partial charge in [-0.25, -0.2) is 4.79 Å². The predicted molar refractivity (Wildman–Crippen MR) is 257 cm³/mol. The van der Waals surface area contributed by atoms with Gasteiger partial charge < -0.3 is 19.5 Å². The standard InChI is InChI=1S/C54H95NO7/c1-6-8-10-12-14-16-18-20-22-24-26-28-30-32-37-41-51(57)60-45-48(44-50(56)49(43-47-39-35-34-36-40-47)55-53(59)62-54(3,4)5)46-61-52(58)42-38-33-31-29-27-25-23-21-19-17-15-13-11-9-7-2/h34-36,39-40,48-49H,6-33,37-38,41-46H2,1-5H3,(H,55,59). The second kappa shape index (κ2) is 39.7. The maximum absolute atomic E-state index is 13.9. The van der Waals surface area contributed by atoms with Gasteiger partial charge in [0.15, 0.2) is 5.78 Å². The summed E-state index contributed by atoms with van der Waals surface area (Å²) in [5.74, 6) is -1.36. The van der Waals surface area contributed by atoms with Gasteiger partial charge in [-0.15, -0.1) is 0 Å². The molecule has 0 bridgehead atoms. The highest BCUT2D eigenvalue weighted by atomic mass is 16.6. The minimum absolute atomic E-state index is 0.0220. The van der Waals surface area contributed by atoms with E-state index in [0.717, 1.165) is 44.1 Å². The third-order valence-electron chi connectivity index (χ3n) is 11.8. The molecule has 0 heterocycles. The largest absolute Gasteiger partial charge is 0.465 e. The number of hydrogen-bond donors (Lipinski definition) is 1. The molecule has 1 N–H and O–H groups in total. The van der Waals surface area contributed by atoms with Crippen molar-refractivity contribution in [2.24, 2.45) is 5.92 Å². The van der Waals surface area contributed by atoms with Crippen LogP contribution in [0, 0.1) is 5.92 Å². The molecule has 0 spiro atoms. The summed E-state index contributed by atoms with van der Waals surface area (Å²) in [6, 6.07) is 8.65. The fourth-order valence-corrected chi connectivity index (χ4v) is 7.98. The Balaban J connectivity index is 2.54. The Labute approximate surface area is 380 Å². The number of Topliss-reactive ketones (excluding diaryl/α,β-unsaturated/α-hetero) is 1. The Morgan fingerprint density at radius 3 is 1.18 bits per heavy atom. The zero-order chi connectivity index (χ0) is 45.4. The fraction of sp³-hybridized carbons (Fsp3) is 0.815. The summed E-state index contributed by atoms with van der Waals surface area (Å²) in [6.45, 7) is 9.80. The zero-order valence-corrected chi connectivity index (χ0v) is 40.9. The normalized spacial score (nSPS) is 12.0. The molecular formula is C54H95NO7. The van der Waals surface area contributed by atoms with Crippen LogP contribution in [0.15, 0.2) is 30.3 Å². The second-order valence-corrected chi connectivity index (χ2v) is 19.2. The van der Waals surface area contributed by atoms with Crippen molar-refractivity contribution < 1.29 is 33.4 Å². The molecule has 1 amide bonds. The molecule has 0 aliphatic rings. The molecule has 62 heavy (non-hydrogen) atoms. The predicted octanol–water partition coefficient (Wildman–Crippen LogP) is 15.3. The number of benzene rings is 1. The summed E-state index contributed by atoms with van der Waals surface area (Å²) in [6.07, 6.45) is 38.0. The van der Waals surface area contributed by atoms with Crippen molar-refractivity contribution in [3.63, 3.8) is 0 Å². The van der Waals surface area contributed by atoms with Gasteiger partial charge in [0.2, 0.25) is 0 Å². The molecule has 0 saturated carbocycles. The van der Waals surface area contributed by atoms with E-state index in [4.69, 9.17) is 14.2 Å². The van der Waals surface area contributed by atoms with Crippen LogP contribution < -0.4 is 5.32 Å². The molecule has 0 radical (unpaired) electrons. The van der Waals surface area contributed by atoms with Crippen molar-refractivity contribution in [3.05, 3.63) is 35.9 Å². The Kier molecular flexibility index (Phi) is 36.5. The number of amides is 1. The average Bonchev–Trinajstić information content (AvgIpc) is 3.24. The number of ketones is 1. The molecule has 1 aromatic rings. The van der Waals surface area contributed by atoms with Crippen LogP contribution in [0.25, 0.3) is 0 Å². The van der Waals surface area contributed by atoms with Crippen LogP contribution in [-0.4, -0.2) is 48.7 Å². The van der Waals surface area contributed by atoms with Crippen LogP contribution in [0.1, 0.15) is 252 Å². The molecule has 0 aromatic heterocycles. The molecule has 1 rings (SSSR count). The van der Waals surface area contributed by atoms with E-state index in [9.17, 15) is 19.2 Å². The first kappa shape index (κ1) is 57.1. The highest BCUT2D eigenvalue weighted by molar-refractivity contribution is 5.88. The van der Waals surface area contributed by atoms with Gasteiger partial charge in [-0.3, -0.25) is 14.4 Å². The second-order valence-electron chi connectivity index (χ2n) is 19.2. The molecule has 8 nitrogen and oxygen atoms in total. The summed E-state index contributed by atoms with van der Waals surface area (Å²) in [4.78, 5) is 52.3. The SMILES string of the molecule is CCCCCCCCCCCCCCCCCC(=O)OCC(COC(=O)CCCCCCCCCCCCCCCCC)CC(=O)C(Cc1ccccc1)NC(=O)OC(C)(C)C. The number of hydrogen-bond acceptors (Lipinski definition) is 7. The van der Waals surface area contributed by atoms with Crippen LogP contribution >= 0.6 is 0 Å². The lowest BCUT2D eigenvalue weighted by Crippen LogP contribution is -2.45. The summed E-state index contributed by atoms with van der Waals surface area (Å²) in [7, 11) is 0. The van der Waals surface area contributed by atoms with E-state index in [0.29, 0.717) is 12.8 Å². The minimum Gasteiger partial charge on any atom is -0.465 e. The Morgan fingerprint density at radius 1 is 0.500 bits per heavy atom. The van der Waals surface area contributed by atoms with Crippen molar-refractivity contribution in [2.45, 2.75) is 265 Å². The maximum Gasteiger partial charge on any atom is 0.408 e. The highest BCUT2D eigenvalue weighted by Crippen LogP contribution is 2.18. The molecule has 1 aromatic carbocycles. The first-order valence-electron chi connectivity index (χ1n) is 25.9. The third kappa shape index (κ3) is 36.6. The van der Waals surface area contributed by atoms with Crippen molar-refractivity contribution in [1.82, 2.24) is 5.32 Å². The van der Waals surface area contributed by atoms with E-state index in [1.54, 1.807) is 20.8 Å². The number of nitrogens with one attached hydrogen (secondary N) is 1. The smallest absolute Gasteiger partial charge is 0.408 e. The van der Waals surface area contributed by atoms with E-state index >= 15 is 0 Å². The van der Waals surface area contributed by atoms with E-state index in [1.807, 2.05) is 30.3 Å². The van der Waals surface area contributed by atoms with E-state index < -0.39 is 23.7 Å². The van der Waals surface area contributed by atoms with Gasteiger partial charge in [0, 0.05) is 25.2 Å². The van der Waals surface area contributed by atoms with Gasteiger partial charge in [-0.2, -0.15) is 0 Å². The number of esters is 2. The number of alkyl carbamates (subject to hydrolysis) is 1. The van der Waals surface area contributed by atoms with Crippen LogP contribution in [0.3, 0.4) is 0 Å². The fourth-order valence-electron chi connectivity index (χ4n) is 7.98. The van der Waals surface area contributed by atoms with Gasteiger partial charge in [0.25, 0.3) is 0 Å². The van der Waals surface area contributed by atoms with Crippen LogP contribution in [0.5, 0.6) is 0 Å². The molecule has 1 unspecified atom stereocenters. The molecule has 0 fully saturated rings. The highest BCUT2D eigenvalue weighted by Gasteiger charge is 2.28. The van der Waals surface area contributed by atoms with Crippen LogP contribution in [0.4, 0.5) is 4.79 Å².